The van der Waals surface area contributed by atoms with Gasteiger partial charge in [0.1, 0.15) is 11.5 Å². The van der Waals surface area contributed by atoms with E-state index in [1.807, 2.05) is 0 Å². The Morgan fingerprint density at radius 3 is 1.50 bits per heavy atom. The summed E-state index contributed by atoms with van der Waals surface area (Å²) in [6.45, 7) is 0. The molecule has 0 aliphatic rings. The number of anilines is 2. The molecular formula is C18H16N2O2. The number of hydrogen-bond donors (Lipinski definition) is 2. The van der Waals surface area contributed by atoms with Crippen molar-refractivity contribution in [3.63, 3.8) is 0 Å². The normalized spacial score (nSPS) is 9.00. The zero-order valence-corrected chi connectivity index (χ0v) is 12.4. The van der Waals surface area contributed by atoms with Gasteiger partial charge in [-0.2, -0.15) is 0 Å². The number of nitrogens with two attached hydrogens (primary N) is 2. The molecular weight excluding hydrogens is 276 g/mol. The fourth-order valence-corrected chi connectivity index (χ4v) is 1.82. The largest absolute Gasteiger partial charge is 0.495 e. The lowest BCUT2D eigenvalue weighted by Gasteiger charge is -2.03. The highest BCUT2D eigenvalue weighted by atomic mass is 16.5. The minimum Gasteiger partial charge on any atom is -0.495 e. The van der Waals surface area contributed by atoms with Crippen molar-refractivity contribution in [1.82, 2.24) is 0 Å². The number of ether oxygens (including phenoxy) is 2. The summed E-state index contributed by atoms with van der Waals surface area (Å²) in [6, 6.07) is 10.6. The lowest BCUT2D eigenvalue weighted by Crippen LogP contribution is -1.91. The van der Waals surface area contributed by atoms with E-state index in [1.165, 1.54) is 0 Å². The Morgan fingerprint density at radius 1 is 0.727 bits per heavy atom. The highest BCUT2D eigenvalue weighted by Gasteiger charge is 2.00. The first-order valence-electron chi connectivity index (χ1n) is 6.53. The van der Waals surface area contributed by atoms with Crippen LogP contribution in [0.4, 0.5) is 11.4 Å². The van der Waals surface area contributed by atoms with Crippen LogP contribution in [0, 0.1) is 23.7 Å². The molecule has 0 unspecified atom stereocenters. The first-order valence-corrected chi connectivity index (χ1v) is 6.53. The smallest absolute Gasteiger partial charge is 0.136 e. The topological polar surface area (TPSA) is 70.5 Å². The van der Waals surface area contributed by atoms with Crippen LogP contribution in [0.1, 0.15) is 11.1 Å². The molecule has 0 saturated carbocycles. The second-order valence-electron chi connectivity index (χ2n) is 4.42. The van der Waals surface area contributed by atoms with Crippen LogP contribution >= 0.6 is 0 Å². The number of benzene rings is 2. The van der Waals surface area contributed by atoms with Crippen molar-refractivity contribution in [3.8, 4) is 35.2 Å². The molecule has 2 rings (SSSR count). The van der Waals surface area contributed by atoms with Gasteiger partial charge in [-0.25, -0.2) is 0 Å². The van der Waals surface area contributed by atoms with E-state index in [9.17, 15) is 0 Å². The second kappa shape index (κ2) is 6.97. The van der Waals surface area contributed by atoms with E-state index in [2.05, 4.69) is 23.7 Å². The Bertz CT molecular complexity index is 736. The van der Waals surface area contributed by atoms with Gasteiger partial charge in [0.05, 0.1) is 25.3 Å². The third-order valence-corrected chi connectivity index (χ3v) is 2.91. The van der Waals surface area contributed by atoms with Crippen molar-refractivity contribution in [2.45, 2.75) is 0 Å². The molecule has 0 atom stereocenters. The molecule has 0 amide bonds. The van der Waals surface area contributed by atoms with Crippen LogP contribution in [0.2, 0.25) is 0 Å². The number of rotatable bonds is 2. The lowest BCUT2D eigenvalue weighted by molar-refractivity contribution is 0.413. The van der Waals surface area contributed by atoms with Gasteiger partial charge in [0, 0.05) is 23.5 Å². The van der Waals surface area contributed by atoms with Gasteiger partial charge in [0.15, 0.2) is 0 Å². The molecule has 4 N–H and O–H groups in total. The van der Waals surface area contributed by atoms with E-state index in [-0.39, 0.29) is 0 Å². The molecule has 0 spiro atoms. The maximum absolute atomic E-state index is 5.70. The number of hydrogen-bond acceptors (Lipinski definition) is 4. The fraction of sp³-hybridized carbons (Fsp3) is 0.111. The van der Waals surface area contributed by atoms with E-state index < -0.39 is 0 Å². The summed E-state index contributed by atoms with van der Waals surface area (Å²) in [5.41, 5.74) is 14.1. The van der Waals surface area contributed by atoms with Crippen LogP contribution in [-0.4, -0.2) is 14.2 Å². The Kier molecular flexibility index (Phi) is 4.80. The van der Waals surface area contributed by atoms with Crippen LogP contribution in [0.15, 0.2) is 36.4 Å². The predicted octanol–water partition coefficient (Wildman–Crippen LogP) is 2.27. The van der Waals surface area contributed by atoms with E-state index in [1.54, 1.807) is 50.6 Å². The Hall–Kier alpha value is -3.24. The van der Waals surface area contributed by atoms with Crippen molar-refractivity contribution in [3.05, 3.63) is 47.5 Å². The minimum absolute atomic E-state index is 0.624. The molecule has 0 aliphatic carbocycles. The maximum atomic E-state index is 5.70. The third kappa shape index (κ3) is 3.65. The van der Waals surface area contributed by atoms with Crippen molar-refractivity contribution < 1.29 is 9.47 Å². The van der Waals surface area contributed by atoms with Crippen LogP contribution in [0.5, 0.6) is 11.5 Å². The number of nitrogen functional groups attached to an aromatic ring is 2. The summed E-state index contributed by atoms with van der Waals surface area (Å²) in [4.78, 5) is 0. The minimum atomic E-state index is 0.624. The maximum Gasteiger partial charge on any atom is 0.136 e. The molecule has 2 aromatic rings. The molecule has 0 saturated heterocycles. The number of methoxy groups -OCH3 is 2. The molecule has 0 fully saturated rings. The third-order valence-electron chi connectivity index (χ3n) is 2.91. The molecule has 0 radical (unpaired) electrons. The van der Waals surface area contributed by atoms with Gasteiger partial charge in [0.2, 0.25) is 0 Å². The Morgan fingerprint density at radius 2 is 1.14 bits per heavy atom. The van der Waals surface area contributed by atoms with Gasteiger partial charge >= 0.3 is 0 Å². The lowest BCUT2D eigenvalue weighted by atomic mass is 10.1. The van der Waals surface area contributed by atoms with E-state index in [4.69, 9.17) is 20.9 Å². The van der Waals surface area contributed by atoms with Crippen molar-refractivity contribution in [2.24, 2.45) is 0 Å². The zero-order valence-electron chi connectivity index (χ0n) is 12.4. The molecule has 0 aliphatic heterocycles. The second-order valence-corrected chi connectivity index (χ2v) is 4.42. The average Bonchev–Trinajstić information content (AvgIpc) is 2.53. The fourth-order valence-electron chi connectivity index (χ4n) is 1.82. The quantitative estimate of drug-likeness (QED) is 0.658. The first-order chi connectivity index (χ1) is 10.6. The predicted molar refractivity (Wildman–Crippen MR) is 88.6 cm³/mol. The van der Waals surface area contributed by atoms with Crippen LogP contribution in [0.3, 0.4) is 0 Å². The van der Waals surface area contributed by atoms with E-state index in [0.29, 0.717) is 22.9 Å². The van der Waals surface area contributed by atoms with Gasteiger partial charge in [-0.05, 0) is 47.9 Å². The Labute approximate surface area is 130 Å². The SMILES string of the molecule is COc1cc(N)ccc1C#CC#Cc1ccc(N)cc1OC. The van der Waals surface area contributed by atoms with Crippen molar-refractivity contribution >= 4 is 11.4 Å². The van der Waals surface area contributed by atoms with Crippen LogP contribution in [0.25, 0.3) is 0 Å². The van der Waals surface area contributed by atoms with E-state index in [0.717, 1.165) is 11.1 Å². The zero-order chi connectivity index (χ0) is 15.9. The highest BCUT2D eigenvalue weighted by Crippen LogP contribution is 2.21. The molecule has 0 bridgehead atoms. The molecule has 0 aromatic heterocycles. The monoisotopic (exact) mass is 292 g/mol. The average molecular weight is 292 g/mol. The summed E-state index contributed by atoms with van der Waals surface area (Å²) < 4.78 is 10.5. The Balaban J connectivity index is 2.26. The molecule has 4 nitrogen and oxygen atoms in total. The summed E-state index contributed by atoms with van der Waals surface area (Å²) in [5.74, 6) is 12.7. The van der Waals surface area contributed by atoms with Gasteiger partial charge in [-0.1, -0.05) is 0 Å². The molecule has 110 valence electrons. The van der Waals surface area contributed by atoms with Gasteiger partial charge in [-0.15, -0.1) is 0 Å². The van der Waals surface area contributed by atoms with Gasteiger partial charge in [-0.3, -0.25) is 0 Å². The highest BCUT2D eigenvalue weighted by molar-refractivity contribution is 5.58. The van der Waals surface area contributed by atoms with Gasteiger partial charge < -0.3 is 20.9 Å². The summed E-state index contributed by atoms with van der Waals surface area (Å²) in [7, 11) is 3.15. The van der Waals surface area contributed by atoms with Gasteiger partial charge in [0.25, 0.3) is 0 Å². The molecule has 0 heterocycles. The van der Waals surface area contributed by atoms with Crippen LogP contribution < -0.4 is 20.9 Å². The molecule has 4 heteroatoms. The summed E-state index contributed by atoms with van der Waals surface area (Å²) in [6.07, 6.45) is 0. The van der Waals surface area contributed by atoms with E-state index >= 15 is 0 Å². The van der Waals surface area contributed by atoms with Crippen molar-refractivity contribution in [1.29, 1.82) is 0 Å². The molecule has 22 heavy (non-hydrogen) atoms. The summed E-state index contributed by atoms with van der Waals surface area (Å²) >= 11 is 0. The van der Waals surface area contributed by atoms with Crippen LogP contribution in [-0.2, 0) is 0 Å². The molecule has 2 aromatic carbocycles. The standard InChI is InChI=1S/C18H16N2O2/c1-21-17-11-15(19)9-7-13(17)5-3-4-6-14-8-10-16(20)12-18(14)22-2/h7-12H,19-20H2,1-2H3. The summed E-state index contributed by atoms with van der Waals surface area (Å²) in [5, 5.41) is 0. The van der Waals surface area contributed by atoms with Crippen molar-refractivity contribution in [2.75, 3.05) is 25.7 Å². The first kappa shape index (κ1) is 15.2.